The van der Waals surface area contributed by atoms with E-state index in [1.807, 2.05) is 0 Å². The topological polar surface area (TPSA) is 124 Å². The Kier molecular flexibility index (Phi) is 6.95. The molecule has 1 fully saturated rings. The molecular formula is C19H25N2O6S-. The van der Waals surface area contributed by atoms with E-state index in [0.29, 0.717) is 18.4 Å². The lowest BCUT2D eigenvalue weighted by Gasteiger charge is -2.33. The van der Waals surface area contributed by atoms with Gasteiger partial charge in [0, 0.05) is 18.7 Å². The zero-order valence-electron chi connectivity index (χ0n) is 16.2. The lowest BCUT2D eigenvalue weighted by molar-refractivity contribution is -0.309. The maximum Gasteiger partial charge on any atom is 0.243 e. The van der Waals surface area contributed by atoms with Gasteiger partial charge in [0.1, 0.15) is 0 Å². The van der Waals surface area contributed by atoms with E-state index < -0.39 is 33.9 Å². The normalized spacial score (nSPS) is 19.2. The summed E-state index contributed by atoms with van der Waals surface area (Å²) in [5, 5.41) is 13.6. The summed E-state index contributed by atoms with van der Waals surface area (Å²) in [6.45, 7) is 4.95. The first-order valence-electron chi connectivity index (χ1n) is 9.16. The van der Waals surface area contributed by atoms with E-state index in [1.54, 1.807) is 13.8 Å². The van der Waals surface area contributed by atoms with E-state index in [9.17, 15) is 27.9 Å². The van der Waals surface area contributed by atoms with Crippen molar-refractivity contribution in [3.8, 4) is 0 Å². The number of carboxylic acids is 1. The maximum atomic E-state index is 12.9. The van der Waals surface area contributed by atoms with Crippen molar-refractivity contribution in [2.45, 2.75) is 44.6 Å². The first kappa shape index (κ1) is 22.0. The van der Waals surface area contributed by atoms with Crippen LogP contribution in [0.3, 0.4) is 0 Å². The van der Waals surface area contributed by atoms with Crippen LogP contribution in [0.1, 0.15) is 44.0 Å². The number of carbonyl (C=O) groups is 3. The third kappa shape index (κ3) is 4.96. The molecule has 1 aliphatic rings. The lowest BCUT2D eigenvalue weighted by atomic mass is 9.97. The summed E-state index contributed by atoms with van der Waals surface area (Å²) < 4.78 is 27.0. The van der Waals surface area contributed by atoms with Crippen molar-refractivity contribution in [1.82, 2.24) is 9.62 Å². The Balaban J connectivity index is 2.14. The predicted octanol–water partition coefficient (Wildman–Crippen LogP) is 0.181. The average Bonchev–Trinajstić information content (AvgIpc) is 2.65. The van der Waals surface area contributed by atoms with E-state index in [4.69, 9.17) is 0 Å². The van der Waals surface area contributed by atoms with Crippen molar-refractivity contribution in [2.75, 3.05) is 13.1 Å². The second-order valence-electron chi connectivity index (χ2n) is 7.33. The zero-order valence-corrected chi connectivity index (χ0v) is 17.0. The quantitative estimate of drug-likeness (QED) is 0.641. The number of ketones is 1. The summed E-state index contributed by atoms with van der Waals surface area (Å²) in [7, 11) is -3.82. The van der Waals surface area contributed by atoms with Gasteiger partial charge in [0.25, 0.3) is 0 Å². The molecule has 1 aromatic carbocycles. The van der Waals surface area contributed by atoms with Crippen molar-refractivity contribution in [3.05, 3.63) is 29.8 Å². The Bertz CT molecular complexity index is 848. The molecule has 0 saturated carbocycles. The average molecular weight is 409 g/mol. The molecule has 28 heavy (non-hydrogen) atoms. The number of piperidine rings is 1. The second kappa shape index (κ2) is 8.83. The Morgan fingerprint density at radius 1 is 1.18 bits per heavy atom. The van der Waals surface area contributed by atoms with Gasteiger partial charge in [-0.3, -0.25) is 9.59 Å². The van der Waals surface area contributed by atoms with E-state index in [-0.39, 0.29) is 29.7 Å². The third-order valence-corrected chi connectivity index (χ3v) is 6.75. The molecule has 2 rings (SSSR count). The Hall–Kier alpha value is -2.26. The number of carboxylic acid groups (broad SMARTS) is 1. The van der Waals surface area contributed by atoms with Crippen LogP contribution in [0.15, 0.2) is 29.2 Å². The van der Waals surface area contributed by atoms with Crippen LogP contribution in [0.5, 0.6) is 0 Å². The number of amides is 1. The van der Waals surface area contributed by atoms with Crippen LogP contribution in [-0.2, 0) is 19.6 Å². The highest BCUT2D eigenvalue weighted by molar-refractivity contribution is 7.89. The number of nitrogens with zero attached hydrogens (tertiary/aromatic N) is 1. The summed E-state index contributed by atoms with van der Waals surface area (Å²) in [4.78, 5) is 35.1. The smallest absolute Gasteiger partial charge is 0.243 e. The molecule has 1 saturated heterocycles. The number of hydrogen-bond donors (Lipinski definition) is 1. The Labute approximate surface area is 165 Å². The molecule has 1 aromatic rings. The zero-order chi connectivity index (χ0) is 21.1. The van der Waals surface area contributed by atoms with Crippen LogP contribution >= 0.6 is 0 Å². The van der Waals surface area contributed by atoms with Gasteiger partial charge in [-0.05, 0) is 37.8 Å². The summed E-state index contributed by atoms with van der Waals surface area (Å²) in [6, 6.07) is 4.53. The molecule has 1 heterocycles. The van der Waals surface area contributed by atoms with Crippen molar-refractivity contribution in [3.63, 3.8) is 0 Å². The highest BCUT2D eigenvalue weighted by Crippen LogP contribution is 2.24. The highest BCUT2D eigenvalue weighted by atomic mass is 32.2. The molecule has 1 amide bonds. The molecular weight excluding hydrogens is 384 g/mol. The Morgan fingerprint density at radius 3 is 2.29 bits per heavy atom. The lowest BCUT2D eigenvalue weighted by Crippen LogP contribution is -2.54. The SMILES string of the molecule is CC(=O)c1ccc(S(=O)(=O)N2CCC[C@@H](C(=O)N[C@H](C(=O)[O-])C(C)C)C2)cc1. The van der Waals surface area contributed by atoms with Crippen LogP contribution < -0.4 is 10.4 Å². The number of benzene rings is 1. The van der Waals surface area contributed by atoms with Gasteiger partial charge in [0.05, 0.1) is 22.8 Å². The number of aliphatic carboxylic acids is 1. The molecule has 0 radical (unpaired) electrons. The van der Waals surface area contributed by atoms with Crippen LogP contribution in [0.25, 0.3) is 0 Å². The highest BCUT2D eigenvalue weighted by Gasteiger charge is 2.34. The van der Waals surface area contributed by atoms with Crippen LogP contribution in [0.2, 0.25) is 0 Å². The number of hydrogen-bond acceptors (Lipinski definition) is 6. The van der Waals surface area contributed by atoms with Gasteiger partial charge in [-0.2, -0.15) is 4.31 Å². The fraction of sp³-hybridized carbons (Fsp3) is 0.526. The van der Waals surface area contributed by atoms with Gasteiger partial charge >= 0.3 is 0 Å². The molecule has 8 nitrogen and oxygen atoms in total. The minimum Gasteiger partial charge on any atom is -0.548 e. The number of rotatable bonds is 7. The fourth-order valence-electron chi connectivity index (χ4n) is 3.15. The standard InChI is InChI=1S/C19H26N2O6S/c1-12(2)17(19(24)25)20-18(23)15-5-4-10-21(11-15)28(26,27)16-8-6-14(7-9-16)13(3)22/h6-9,12,15,17H,4-5,10-11H2,1-3H3,(H,20,23)(H,24,25)/p-1/t15-,17+/m1/s1. The van der Waals surface area contributed by atoms with E-state index in [0.717, 1.165) is 0 Å². The fourth-order valence-corrected chi connectivity index (χ4v) is 4.68. The van der Waals surface area contributed by atoms with Gasteiger partial charge < -0.3 is 15.2 Å². The van der Waals surface area contributed by atoms with Crippen LogP contribution in [-0.4, -0.2) is 49.5 Å². The largest absolute Gasteiger partial charge is 0.548 e. The number of nitrogens with one attached hydrogen (secondary N) is 1. The van der Waals surface area contributed by atoms with Gasteiger partial charge in [0.2, 0.25) is 15.9 Å². The van der Waals surface area contributed by atoms with Gasteiger partial charge in [-0.15, -0.1) is 0 Å². The predicted molar refractivity (Wildman–Crippen MR) is 99.7 cm³/mol. The van der Waals surface area contributed by atoms with Gasteiger partial charge in [0.15, 0.2) is 5.78 Å². The molecule has 2 atom stereocenters. The third-order valence-electron chi connectivity index (χ3n) is 4.87. The molecule has 1 aliphatic heterocycles. The van der Waals surface area contributed by atoms with Gasteiger partial charge in [-0.25, -0.2) is 8.42 Å². The molecule has 0 spiro atoms. The number of sulfonamides is 1. The minimum atomic E-state index is -3.82. The Morgan fingerprint density at radius 2 is 1.79 bits per heavy atom. The summed E-state index contributed by atoms with van der Waals surface area (Å²) in [5.74, 6) is -3.01. The maximum absolute atomic E-state index is 12.9. The van der Waals surface area contributed by atoms with Crippen LogP contribution in [0.4, 0.5) is 0 Å². The van der Waals surface area contributed by atoms with Crippen LogP contribution in [0, 0.1) is 11.8 Å². The van der Waals surface area contributed by atoms with E-state index in [2.05, 4.69) is 5.32 Å². The molecule has 0 bridgehead atoms. The van der Waals surface area contributed by atoms with Crippen molar-refractivity contribution < 1.29 is 27.9 Å². The van der Waals surface area contributed by atoms with Gasteiger partial charge in [-0.1, -0.05) is 26.0 Å². The minimum absolute atomic E-state index is 0.0273. The molecule has 0 aliphatic carbocycles. The molecule has 1 N–H and O–H groups in total. The molecule has 0 aromatic heterocycles. The monoisotopic (exact) mass is 409 g/mol. The summed E-state index contributed by atoms with van der Waals surface area (Å²) >= 11 is 0. The first-order valence-corrected chi connectivity index (χ1v) is 10.6. The molecule has 0 unspecified atom stereocenters. The van der Waals surface area contributed by atoms with Crippen molar-refractivity contribution >= 4 is 27.7 Å². The summed E-state index contributed by atoms with van der Waals surface area (Å²) in [5.41, 5.74) is 0.414. The molecule has 154 valence electrons. The van der Waals surface area contributed by atoms with E-state index >= 15 is 0 Å². The van der Waals surface area contributed by atoms with Crippen molar-refractivity contribution in [2.24, 2.45) is 11.8 Å². The first-order chi connectivity index (χ1) is 13.0. The second-order valence-corrected chi connectivity index (χ2v) is 9.27. The number of Topliss-reactive ketones (excluding diaryl/α,β-unsaturated/α-hetero) is 1. The summed E-state index contributed by atoms with van der Waals surface area (Å²) in [6.07, 6.45) is 0.958. The molecule has 9 heteroatoms. The number of carbonyl (C=O) groups excluding carboxylic acids is 3. The van der Waals surface area contributed by atoms with E-state index in [1.165, 1.54) is 35.5 Å². The van der Waals surface area contributed by atoms with Crippen molar-refractivity contribution in [1.29, 1.82) is 0 Å².